The first-order valence-corrected chi connectivity index (χ1v) is 18.1. The summed E-state index contributed by atoms with van der Waals surface area (Å²) in [4.78, 5) is 12.4. The molecule has 0 aromatic rings. The van der Waals surface area contributed by atoms with Crippen molar-refractivity contribution in [1.82, 2.24) is 5.32 Å². The minimum Gasteiger partial charge on any atom is -0.387 e. The molecule has 2 unspecified atom stereocenters. The van der Waals surface area contributed by atoms with Crippen LogP contribution in [0.1, 0.15) is 162 Å². The standard InChI is InChI=1S/C33H63NO5S/c1-3-5-7-9-11-13-15-17-18-20-22-24-26-28-32(35)31(30-40(37,38)39)34-33(36)29-27-25-23-21-19-16-14-12-10-8-6-4-2/h18,20,26,28,31-32,35H,3-17,19,21-25,27,29-30H2,1-2H3,(H,34,36)(H,37,38,39)/b20-18+,28-26+. The van der Waals surface area contributed by atoms with Crippen molar-refractivity contribution in [3.63, 3.8) is 0 Å². The number of allylic oxidation sites excluding steroid dienone is 3. The van der Waals surface area contributed by atoms with Gasteiger partial charge in [-0.15, -0.1) is 0 Å². The van der Waals surface area contributed by atoms with Gasteiger partial charge in [-0.25, -0.2) is 0 Å². The monoisotopic (exact) mass is 585 g/mol. The summed E-state index contributed by atoms with van der Waals surface area (Å²) >= 11 is 0. The summed E-state index contributed by atoms with van der Waals surface area (Å²) in [5, 5.41) is 13.1. The molecule has 0 aliphatic rings. The van der Waals surface area contributed by atoms with Crippen LogP contribution in [0.3, 0.4) is 0 Å². The minimum atomic E-state index is -4.34. The Balaban J connectivity index is 4.10. The molecule has 0 radical (unpaired) electrons. The van der Waals surface area contributed by atoms with Gasteiger partial charge in [0.2, 0.25) is 5.91 Å². The van der Waals surface area contributed by atoms with Gasteiger partial charge in [0.05, 0.1) is 17.9 Å². The molecule has 0 bridgehead atoms. The highest BCUT2D eigenvalue weighted by Crippen LogP contribution is 2.13. The average molecular weight is 586 g/mol. The van der Waals surface area contributed by atoms with Gasteiger partial charge < -0.3 is 10.4 Å². The Kier molecular flexibility index (Phi) is 27.1. The quantitative estimate of drug-likeness (QED) is 0.0462. The average Bonchev–Trinajstić information content (AvgIpc) is 2.90. The second-order valence-electron chi connectivity index (χ2n) is 11.4. The summed E-state index contributed by atoms with van der Waals surface area (Å²) in [6.45, 7) is 4.47. The number of hydrogen-bond donors (Lipinski definition) is 3. The van der Waals surface area contributed by atoms with Crippen LogP contribution in [0.5, 0.6) is 0 Å². The highest BCUT2D eigenvalue weighted by atomic mass is 32.2. The first kappa shape index (κ1) is 38.8. The van der Waals surface area contributed by atoms with Gasteiger partial charge in [-0.1, -0.05) is 147 Å². The lowest BCUT2D eigenvalue weighted by molar-refractivity contribution is -0.122. The molecule has 3 N–H and O–H groups in total. The molecule has 0 rings (SSSR count). The molecule has 0 heterocycles. The summed E-state index contributed by atoms with van der Waals surface area (Å²) in [6, 6.07) is -1.07. The van der Waals surface area contributed by atoms with E-state index in [1.807, 2.05) is 0 Å². The Bertz CT molecular complexity index is 735. The first-order chi connectivity index (χ1) is 19.3. The van der Waals surface area contributed by atoms with Crippen molar-refractivity contribution in [3.8, 4) is 0 Å². The Hall–Kier alpha value is -1.18. The SMILES string of the molecule is CCCCCCCCC/C=C/CC/C=C/C(O)C(CS(=O)(=O)O)NC(=O)CCCCCCCCCCCCCC. The van der Waals surface area contributed by atoms with E-state index in [9.17, 15) is 22.9 Å². The van der Waals surface area contributed by atoms with Crippen molar-refractivity contribution in [2.75, 3.05) is 5.75 Å². The van der Waals surface area contributed by atoms with Crippen molar-refractivity contribution in [1.29, 1.82) is 0 Å². The molecule has 2 atom stereocenters. The van der Waals surface area contributed by atoms with Crippen LogP contribution in [0, 0.1) is 0 Å². The number of carbonyl (C=O) groups excluding carboxylic acids is 1. The van der Waals surface area contributed by atoms with Crippen LogP contribution in [0.25, 0.3) is 0 Å². The molecule has 0 fully saturated rings. The fraction of sp³-hybridized carbons (Fsp3) is 0.848. The number of aliphatic hydroxyl groups is 1. The molecule has 0 aromatic heterocycles. The van der Waals surface area contributed by atoms with Crippen molar-refractivity contribution in [2.24, 2.45) is 0 Å². The number of rotatable bonds is 29. The lowest BCUT2D eigenvalue weighted by Gasteiger charge is -2.21. The van der Waals surface area contributed by atoms with E-state index >= 15 is 0 Å². The van der Waals surface area contributed by atoms with E-state index in [0.717, 1.165) is 38.5 Å². The first-order valence-electron chi connectivity index (χ1n) is 16.5. The van der Waals surface area contributed by atoms with Gasteiger partial charge in [0.15, 0.2) is 0 Å². The molecule has 6 nitrogen and oxygen atoms in total. The van der Waals surface area contributed by atoms with Crippen molar-refractivity contribution < 1.29 is 22.9 Å². The van der Waals surface area contributed by atoms with Crippen molar-refractivity contribution in [3.05, 3.63) is 24.3 Å². The molecule has 1 amide bonds. The summed E-state index contributed by atoms with van der Waals surface area (Å²) < 4.78 is 32.2. The molecule has 0 aliphatic heterocycles. The van der Waals surface area contributed by atoms with Crippen LogP contribution in [-0.2, 0) is 14.9 Å². The maximum Gasteiger partial charge on any atom is 0.267 e. The summed E-state index contributed by atoms with van der Waals surface area (Å²) in [5.74, 6) is -0.998. The third-order valence-corrected chi connectivity index (χ3v) is 8.16. The Morgan fingerprint density at radius 1 is 0.650 bits per heavy atom. The smallest absolute Gasteiger partial charge is 0.267 e. The van der Waals surface area contributed by atoms with Crippen LogP contribution in [0.4, 0.5) is 0 Å². The molecule has 40 heavy (non-hydrogen) atoms. The van der Waals surface area contributed by atoms with Crippen LogP contribution in [0.15, 0.2) is 24.3 Å². The zero-order chi connectivity index (χ0) is 29.7. The van der Waals surface area contributed by atoms with E-state index in [0.29, 0.717) is 6.42 Å². The predicted molar refractivity (Wildman–Crippen MR) is 170 cm³/mol. The van der Waals surface area contributed by atoms with Crippen LogP contribution < -0.4 is 5.32 Å². The van der Waals surface area contributed by atoms with Gasteiger partial charge in [0.25, 0.3) is 10.1 Å². The van der Waals surface area contributed by atoms with E-state index in [1.54, 1.807) is 6.08 Å². The summed E-state index contributed by atoms with van der Waals surface area (Å²) in [7, 11) is -4.34. The largest absolute Gasteiger partial charge is 0.387 e. The minimum absolute atomic E-state index is 0.290. The van der Waals surface area contributed by atoms with E-state index < -0.39 is 28.0 Å². The van der Waals surface area contributed by atoms with E-state index in [2.05, 4.69) is 31.3 Å². The zero-order valence-electron chi connectivity index (χ0n) is 26.0. The normalized spacial score (nSPS) is 13.8. The Morgan fingerprint density at radius 3 is 1.57 bits per heavy atom. The van der Waals surface area contributed by atoms with Crippen molar-refractivity contribution in [2.45, 2.75) is 174 Å². The van der Waals surface area contributed by atoms with Crippen molar-refractivity contribution >= 4 is 16.0 Å². The second-order valence-corrected chi connectivity index (χ2v) is 12.9. The van der Waals surface area contributed by atoms with Gasteiger partial charge in [0, 0.05) is 6.42 Å². The molecule has 0 aliphatic carbocycles. The van der Waals surface area contributed by atoms with E-state index in [1.165, 1.54) is 109 Å². The molecule has 7 heteroatoms. The third kappa shape index (κ3) is 28.4. The fourth-order valence-electron chi connectivity index (χ4n) is 4.88. The van der Waals surface area contributed by atoms with Crippen LogP contribution >= 0.6 is 0 Å². The molecule has 0 saturated heterocycles. The number of unbranched alkanes of at least 4 members (excludes halogenated alkanes) is 19. The van der Waals surface area contributed by atoms with Crippen LogP contribution in [0.2, 0.25) is 0 Å². The summed E-state index contributed by atoms with van der Waals surface area (Å²) in [6.07, 6.45) is 33.0. The number of amides is 1. The number of hydrogen-bond acceptors (Lipinski definition) is 4. The number of carbonyl (C=O) groups is 1. The summed E-state index contributed by atoms with van der Waals surface area (Å²) in [5.41, 5.74) is 0. The molecular weight excluding hydrogens is 522 g/mol. The Morgan fingerprint density at radius 2 is 1.07 bits per heavy atom. The number of aliphatic hydroxyl groups excluding tert-OH is 1. The van der Waals surface area contributed by atoms with E-state index in [-0.39, 0.29) is 5.91 Å². The second kappa shape index (κ2) is 28.0. The molecular formula is C33H63NO5S. The zero-order valence-corrected chi connectivity index (χ0v) is 26.8. The van der Waals surface area contributed by atoms with Gasteiger partial charge in [-0.05, 0) is 32.1 Å². The molecule has 0 saturated carbocycles. The molecule has 0 spiro atoms. The molecule has 236 valence electrons. The topological polar surface area (TPSA) is 104 Å². The lowest BCUT2D eigenvalue weighted by Crippen LogP contribution is -2.46. The highest BCUT2D eigenvalue weighted by molar-refractivity contribution is 7.85. The third-order valence-electron chi connectivity index (χ3n) is 7.38. The maximum atomic E-state index is 12.4. The fourth-order valence-corrected chi connectivity index (χ4v) is 5.61. The van der Waals surface area contributed by atoms with Gasteiger partial charge in [0.1, 0.15) is 0 Å². The lowest BCUT2D eigenvalue weighted by atomic mass is 10.0. The number of nitrogens with one attached hydrogen (secondary N) is 1. The highest BCUT2D eigenvalue weighted by Gasteiger charge is 2.24. The predicted octanol–water partition coefficient (Wildman–Crippen LogP) is 8.84. The molecule has 0 aromatic carbocycles. The Labute approximate surface area is 247 Å². The van der Waals surface area contributed by atoms with Gasteiger partial charge in [-0.3, -0.25) is 9.35 Å². The van der Waals surface area contributed by atoms with Crippen LogP contribution in [-0.4, -0.2) is 41.9 Å². The van der Waals surface area contributed by atoms with E-state index in [4.69, 9.17) is 0 Å². The van der Waals surface area contributed by atoms with Gasteiger partial charge >= 0.3 is 0 Å². The van der Waals surface area contributed by atoms with Gasteiger partial charge in [-0.2, -0.15) is 8.42 Å². The maximum absolute atomic E-state index is 12.4.